The number of carbonyl (C=O) groups excluding carboxylic acids is 1. The van der Waals surface area contributed by atoms with E-state index in [1.54, 1.807) is 31.2 Å². The standard InChI is InChI=1S/C23H26ClFN4O2/c1-12-4-7-14(8-5-12)26-22(30)15-10-17-18(11-19(15)31-3)28-23(27-17)29-21-16(24)9-6-13(2)20(21)25/h6,9-12,14H,4-5,7-8H2,1-3H3,(H,26,30)(H2,27,28,29). The molecule has 8 heteroatoms. The minimum absolute atomic E-state index is 0.150. The molecule has 31 heavy (non-hydrogen) atoms. The van der Waals surface area contributed by atoms with Crippen molar-refractivity contribution in [1.82, 2.24) is 15.3 Å². The number of aromatic amines is 1. The summed E-state index contributed by atoms with van der Waals surface area (Å²) in [7, 11) is 1.53. The van der Waals surface area contributed by atoms with Crippen LogP contribution in [0.4, 0.5) is 16.0 Å². The fraction of sp³-hybridized carbons (Fsp3) is 0.391. The predicted molar refractivity (Wildman–Crippen MR) is 121 cm³/mol. The predicted octanol–water partition coefficient (Wildman–Crippen LogP) is 5.72. The molecule has 1 aliphatic carbocycles. The van der Waals surface area contributed by atoms with Gasteiger partial charge in [-0.3, -0.25) is 4.79 Å². The van der Waals surface area contributed by atoms with Gasteiger partial charge < -0.3 is 20.4 Å². The molecule has 0 radical (unpaired) electrons. The Morgan fingerprint density at radius 3 is 2.71 bits per heavy atom. The summed E-state index contributed by atoms with van der Waals surface area (Å²) in [5.41, 5.74) is 2.27. The number of amides is 1. The van der Waals surface area contributed by atoms with Crippen LogP contribution >= 0.6 is 11.6 Å². The van der Waals surface area contributed by atoms with Gasteiger partial charge in [-0.05, 0) is 56.2 Å². The Hall–Kier alpha value is -2.80. The van der Waals surface area contributed by atoms with Gasteiger partial charge in [-0.25, -0.2) is 9.37 Å². The summed E-state index contributed by atoms with van der Waals surface area (Å²) in [6, 6.07) is 6.82. The van der Waals surface area contributed by atoms with Crippen LogP contribution in [0, 0.1) is 18.7 Å². The Morgan fingerprint density at radius 1 is 1.26 bits per heavy atom. The second kappa shape index (κ2) is 8.75. The van der Waals surface area contributed by atoms with Crippen molar-refractivity contribution >= 4 is 40.2 Å². The number of rotatable bonds is 5. The minimum atomic E-state index is -0.438. The maximum Gasteiger partial charge on any atom is 0.255 e. The summed E-state index contributed by atoms with van der Waals surface area (Å²) < 4.78 is 19.9. The van der Waals surface area contributed by atoms with Crippen molar-refractivity contribution in [2.75, 3.05) is 12.4 Å². The number of hydrogen-bond acceptors (Lipinski definition) is 4. The van der Waals surface area contributed by atoms with Crippen LogP contribution in [0.3, 0.4) is 0 Å². The average molecular weight is 445 g/mol. The number of nitrogens with one attached hydrogen (secondary N) is 3. The van der Waals surface area contributed by atoms with Crippen molar-refractivity contribution in [2.45, 2.75) is 45.6 Å². The summed E-state index contributed by atoms with van der Waals surface area (Å²) in [5.74, 6) is 0.864. The third-order valence-electron chi connectivity index (χ3n) is 5.93. The number of aromatic nitrogens is 2. The quantitative estimate of drug-likeness (QED) is 0.470. The largest absolute Gasteiger partial charge is 0.496 e. The lowest BCUT2D eigenvalue weighted by Gasteiger charge is -2.27. The van der Waals surface area contributed by atoms with Crippen LogP contribution in [0.1, 0.15) is 48.5 Å². The molecule has 164 valence electrons. The van der Waals surface area contributed by atoms with Gasteiger partial charge in [0.2, 0.25) is 5.95 Å². The highest BCUT2D eigenvalue weighted by Gasteiger charge is 2.23. The molecule has 0 aliphatic heterocycles. The second-order valence-electron chi connectivity index (χ2n) is 8.26. The van der Waals surface area contributed by atoms with Gasteiger partial charge in [-0.2, -0.15) is 0 Å². The third kappa shape index (κ3) is 4.46. The topological polar surface area (TPSA) is 79.0 Å². The van der Waals surface area contributed by atoms with Crippen molar-refractivity contribution in [2.24, 2.45) is 5.92 Å². The molecule has 1 aliphatic rings. The van der Waals surface area contributed by atoms with E-state index in [4.69, 9.17) is 16.3 Å². The number of aryl methyl sites for hydroxylation is 1. The lowest BCUT2D eigenvalue weighted by molar-refractivity contribution is 0.0920. The lowest BCUT2D eigenvalue weighted by Crippen LogP contribution is -2.37. The SMILES string of the molecule is COc1cc2[nH]c(Nc3c(Cl)ccc(C)c3F)nc2cc1C(=O)NC1CCC(C)CC1. The highest BCUT2D eigenvalue weighted by Crippen LogP contribution is 2.32. The number of halogens is 2. The van der Waals surface area contributed by atoms with E-state index in [0.717, 1.165) is 25.7 Å². The molecule has 2 aromatic carbocycles. The van der Waals surface area contributed by atoms with Crippen LogP contribution in [-0.2, 0) is 0 Å². The molecule has 1 saturated carbocycles. The lowest BCUT2D eigenvalue weighted by atomic mass is 9.87. The molecule has 0 unspecified atom stereocenters. The first kappa shape index (κ1) is 21.4. The first-order valence-corrected chi connectivity index (χ1v) is 10.8. The first-order chi connectivity index (χ1) is 14.9. The normalized spacial score (nSPS) is 18.7. The number of ether oxygens (including phenoxy) is 1. The van der Waals surface area contributed by atoms with Gasteiger partial charge in [0.1, 0.15) is 5.75 Å². The summed E-state index contributed by atoms with van der Waals surface area (Å²) >= 11 is 6.15. The molecule has 1 heterocycles. The minimum Gasteiger partial charge on any atom is -0.496 e. The Labute approximate surface area is 185 Å². The Balaban J connectivity index is 1.60. The average Bonchev–Trinajstić information content (AvgIpc) is 3.16. The second-order valence-corrected chi connectivity index (χ2v) is 8.67. The van der Waals surface area contributed by atoms with Crippen molar-refractivity contribution < 1.29 is 13.9 Å². The number of H-pyrrole nitrogens is 1. The van der Waals surface area contributed by atoms with Gasteiger partial charge in [-0.15, -0.1) is 0 Å². The van der Waals surface area contributed by atoms with Crippen LogP contribution in [0.5, 0.6) is 5.75 Å². The molecule has 4 rings (SSSR count). The number of imidazole rings is 1. The molecule has 0 atom stereocenters. The number of hydrogen-bond donors (Lipinski definition) is 3. The Kier molecular flexibility index (Phi) is 6.05. The van der Waals surface area contributed by atoms with Crippen LogP contribution in [0.25, 0.3) is 11.0 Å². The van der Waals surface area contributed by atoms with Crippen molar-refractivity contribution in [3.63, 3.8) is 0 Å². The van der Waals surface area contributed by atoms with Crippen molar-refractivity contribution in [1.29, 1.82) is 0 Å². The molecule has 1 aromatic heterocycles. The van der Waals surface area contributed by atoms with E-state index in [1.165, 1.54) is 7.11 Å². The molecule has 1 amide bonds. The fourth-order valence-corrected chi connectivity index (χ4v) is 4.19. The molecule has 6 nitrogen and oxygen atoms in total. The maximum atomic E-state index is 14.5. The van der Waals surface area contributed by atoms with Gasteiger partial charge in [0.05, 0.1) is 34.4 Å². The molecule has 0 bridgehead atoms. The van der Waals surface area contributed by atoms with Gasteiger partial charge >= 0.3 is 0 Å². The van der Waals surface area contributed by atoms with Crippen LogP contribution in [-0.4, -0.2) is 29.0 Å². The highest BCUT2D eigenvalue weighted by molar-refractivity contribution is 6.33. The first-order valence-electron chi connectivity index (χ1n) is 10.5. The summed E-state index contributed by atoms with van der Waals surface area (Å²) in [6.45, 7) is 3.91. The van der Waals surface area contributed by atoms with Gasteiger partial charge in [0, 0.05) is 12.1 Å². The fourth-order valence-electron chi connectivity index (χ4n) is 4.00. The molecule has 3 aromatic rings. The van der Waals surface area contributed by atoms with E-state index in [9.17, 15) is 9.18 Å². The number of methoxy groups -OCH3 is 1. The zero-order valence-electron chi connectivity index (χ0n) is 17.8. The molecule has 1 fully saturated rings. The Bertz CT molecular complexity index is 1120. The summed E-state index contributed by atoms with van der Waals surface area (Å²) in [6.07, 6.45) is 4.20. The maximum absolute atomic E-state index is 14.5. The van der Waals surface area contributed by atoms with Crippen molar-refractivity contribution in [3.05, 3.63) is 46.2 Å². The van der Waals surface area contributed by atoms with Crippen molar-refractivity contribution in [3.8, 4) is 5.75 Å². The number of fused-ring (bicyclic) bond motifs is 1. The van der Waals surface area contributed by atoms with Crippen LogP contribution in [0.2, 0.25) is 5.02 Å². The van der Waals surface area contributed by atoms with E-state index in [0.29, 0.717) is 39.8 Å². The number of benzene rings is 2. The van der Waals surface area contributed by atoms with E-state index in [-0.39, 0.29) is 22.7 Å². The molecular weight excluding hydrogens is 419 g/mol. The smallest absolute Gasteiger partial charge is 0.255 e. The van der Waals surface area contributed by atoms with E-state index < -0.39 is 5.82 Å². The van der Waals surface area contributed by atoms with E-state index in [2.05, 4.69) is 27.5 Å². The van der Waals surface area contributed by atoms with E-state index >= 15 is 0 Å². The monoisotopic (exact) mass is 444 g/mol. The van der Waals surface area contributed by atoms with Crippen LogP contribution < -0.4 is 15.4 Å². The zero-order chi connectivity index (χ0) is 22.1. The summed E-state index contributed by atoms with van der Waals surface area (Å²) in [4.78, 5) is 20.5. The van der Waals surface area contributed by atoms with Gasteiger partial charge in [-0.1, -0.05) is 24.6 Å². The molecule has 3 N–H and O–H groups in total. The molecule has 0 spiro atoms. The van der Waals surface area contributed by atoms with Crippen LogP contribution in [0.15, 0.2) is 24.3 Å². The number of anilines is 2. The number of nitrogens with zero attached hydrogens (tertiary/aromatic N) is 1. The summed E-state index contributed by atoms with van der Waals surface area (Å²) in [5, 5.41) is 6.29. The molecular formula is C23H26ClFN4O2. The third-order valence-corrected chi connectivity index (χ3v) is 6.24. The van der Waals surface area contributed by atoms with Gasteiger partial charge in [0.25, 0.3) is 5.91 Å². The molecule has 0 saturated heterocycles. The Morgan fingerprint density at radius 2 is 2.00 bits per heavy atom. The highest BCUT2D eigenvalue weighted by atomic mass is 35.5. The zero-order valence-corrected chi connectivity index (χ0v) is 18.6. The van der Waals surface area contributed by atoms with E-state index in [1.807, 2.05) is 0 Å². The number of carbonyl (C=O) groups is 1. The van der Waals surface area contributed by atoms with Gasteiger partial charge in [0.15, 0.2) is 5.82 Å².